The molecule has 1 aromatic carbocycles. The lowest BCUT2D eigenvalue weighted by Crippen LogP contribution is -2.44. The van der Waals surface area contributed by atoms with Crippen LogP contribution in [0.4, 0.5) is 0 Å². The normalized spacial score (nSPS) is 21.7. The molecule has 20 heavy (non-hydrogen) atoms. The van der Waals surface area contributed by atoms with Crippen molar-refractivity contribution in [1.82, 2.24) is 10.2 Å². The van der Waals surface area contributed by atoms with Crippen LogP contribution in [-0.4, -0.2) is 51.4 Å². The Labute approximate surface area is 122 Å². The molecule has 4 heteroatoms. The number of nitrogens with one attached hydrogen (secondary N) is 1. The van der Waals surface area contributed by atoms with E-state index >= 15 is 0 Å². The fraction of sp³-hybridized carbons (Fsp3) is 0.625. The maximum Gasteiger partial charge on any atom is 0.123 e. The lowest BCUT2D eigenvalue weighted by molar-refractivity contribution is -0.0209. The third-order valence-electron chi connectivity index (χ3n) is 3.88. The summed E-state index contributed by atoms with van der Waals surface area (Å²) in [5.41, 5.74) is 2.49. The molecule has 1 fully saturated rings. The number of benzene rings is 1. The maximum absolute atomic E-state index is 5.61. The van der Waals surface area contributed by atoms with Gasteiger partial charge in [-0.25, -0.2) is 0 Å². The Balaban J connectivity index is 2.13. The molecule has 1 aliphatic rings. The van der Waals surface area contributed by atoms with Crippen LogP contribution >= 0.6 is 0 Å². The van der Waals surface area contributed by atoms with Crippen LogP contribution < -0.4 is 10.1 Å². The van der Waals surface area contributed by atoms with Crippen molar-refractivity contribution in [3.63, 3.8) is 0 Å². The minimum atomic E-state index is 0.273. The van der Waals surface area contributed by atoms with Crippen LogP contribution in [0, 0.1) is 6.92 Å². The average Bonchev–Trinajstić information content (AvgIpc) is 2.45. The summed E-state index contributed by atoms with van der Waals surface area (Å²) in [7, 11) is 3.74. The van der Waals surface area contributed by atoms with Crippen molar-refractivity contribution in [3.05, 3.63) is 29.3 Å². The van der Waals surface area contributed by atoms with Gasteiger partial charge in [-0.15, -0.1) is 0 Å². The van der Waals surface area contributed by atoms with Gasteiger partial charge in [0.05, 0.1) is 19.8 Å². The Hall–Kier alpha value is -1.10. The molecule has 112 valence electrons. The second-order valence-corrected chi connectivity index (χ2v) is 5.53. The van der Waals surface area contributed by atoms with Gasteiger partial charge < -0.3 is 14.8 Å². The quantitative estimate of drug-likeness (QED) is 0.893. The summed E-state index contributed by atoms with van der Waals surface area (Å²) in [6.07, 6.45) is 0.320. The van der Waals surface area contributed by atoms with Crippen LogP contribution in [0.5, 0.6) is 5.75 Å². The Morgan fingerprint density at radius 3 is 2.95 bits per heavy atom. The van der Waals surface area contributed by atoms with Gasteiger partial charge in [-0.1, -0.05) is 17.7 Å². The van der Waals surface area contributed by atoms with E-state index in [1.54, 1.807) is 7.11 Å². The summed E-state index contributed by atoms with van der Waals surface area (Å²) in [5, 5.41) is 3.42. The van der Waals surface area contributed by atoms with E-state index in [-0.39, 0.29) is 6.04 Å². The number of aryl methyl sites for hydroxylation is 1. The highest BCUT2D eigenvalue weighted by atomic mass is 16.5. The zero-order valence-corrected chi connectivity index (χ0v) is 13.0. The molecule has 4 nitrogen and oxygen atoms in total. The van der Waals surface area contributed by atoms with Gasteiger partial charge in [0, 0.05) is 31.2 Å². The highest BCUT2D eigenvalue weighted by Gasteiger charge is 2.22. The Morgan fingerprint density at radius 1 is 1.50 bits per heavy atom. The van der Waals surface area contributed by atoms with Crippen molar-refractivity contribution < 1.29 is 9.47 Å². The number of morpholine rings is 1. The zero-order valence-electron chi connectivity index (χ0n) is 13.0. The summed E-state index contributed by atoms with van der Waals surface area (Å²) in [5.74, 6) is 0.955. The molecule has 0 radical (unpaired) electrons. The molecule has 2 rings (SSSR count). The Bertz CT molecular complexity index is 436. The van der Waals surface area contributed by atoms with Gasteiger partial charge in [-0.3, -0.25) is 4.90 Å². The van der Waals surface area contributed by atoms with E-state index in [4.69, 9.17) is 9.47 Å². The lowest BCUT2D eigenvalue weighted by Gasteiger charge is -2.34. The van der Waals surface area contributed by atoms with Crippen molar-refractivity contribution in [2.75, 3.05) is 40.4 Å². The minimum absolute atomic E-state index is 0.273. The molecule has 1 N–H and O–H groups in total. The van der Waals surface area contributed by atoms with Gasteiger partial charge in [0.2, 0.25) is 0 Å². The lowest BCUT2D eigenvalue weighted by atomic mass is 10.0. The van der Waals surface area contributed by atoms with E-state index in [9.17, 15) is 0 Å². The molecular formula is C16H26N2O2. The first-order valence-electron chi connectivity index (χ1n) is 7.29. The van der Waals surface area contributed by atoms with Crippen molar-refractivity contribution in [3.8, 4) is 5.75 Å². The van der Waals surface area contributed by atoms with Gasteiger partial charge in [0.15, 0.2) is 0 Å². The summed E-state index contributed by atoms with van der Waals surface area (Å²) in [4.78, 5) is 2.46. The molecular weight excluding hydrogens is 252 g/mol. The van der Waals surface area contributed by atoms with Crippen LogP contribution in [0.1, 0.15) is 24.1 Å². The maximum atomic E-state index is 5.61. The number of likely N-dealkylation sites (N-methyl/N-ethyl adjacent to an activating group) is 1. The number of nitrogens with zero attached hydrogens (tertiary/aromatic N) is 1. The first kappa shape index (κ1) is 15.3. The summed E-state index contributed by atoms with van der Waals surface area (Å²) in [6, 6.07) is 6.63. The van der Waals surface area contributed by atoms with Crippen molar-refractivity contribution in [2.45, 2.75) is 26.0 Å². The van der Waals surface area contributed by atoms with Gasteiger partial charge in [-0.2, -0.15) is 0 Å². The van der Waals surface area contributed by atoms with E-state index < -0.39 is 0 Å². The molecule has 0 saturated carbocycles. The zero-order chi connectivity index (χ0) is 14.5. The SMILES string of the molecule is CNC(CN1CCOC(C)C1)c1cc(C)ccc1OC. The topological polar surface area (TPSA) is 33.7 Å². The molecule has 0 aliphatic carbocycles. The third-order valence-corrected chi connectivity index (χ3v) is 3.88. The standard InChI is InChI=1S/C16H26N2O2/c1-12-5-6-16(19-4)14(9-12)15(17-3)11-18-7-8-20-13(2)10-18/h5-6,9,13,15,17H,7-8,10-11H2,1-4H3. The molecule has 2 atom stereocenters. The second-order valence-electron chi connectivity index (χ2n) is 5.53. The Morgan fingerprint density at radius 2 is 2.30 bits per heavy atom. The fourth-order valence-corrected chi connectivity index (χ4v) is 2.79. The second kappa shape index (κ2) is 7.07. The van der Waals surface area contributed by atoms with Crippen molar-refractivity contribution in [1.29, 1.82) is 0 Å². The molecule has 2 unspecified atom stereocenters. The molecule has 1 saturated heterocycles. The summed E-state index contributed by atoms with van der Waals surface area (Å²) < 4.78 is 11.1. The Kier molecular flexibility index (Phi) is 5.40. The molecule has 0 aromatic heterocycles. The van der Waals surface area contributed by atoms with Gasteiger partial charge in [0.1, 0.15) is 5.75 Å². The molecule has 1 heterocycles. The smallest absolute Gasteiger partial charge is 0.123 e. The summed E-state index contributed by atoms with van der Waals surface area (Å²) >= 11 is 0. The first-order chi connectivity index (χ1) is 9.63. The number of hydrogen-bond acceptors (Lipinski definition) is 4. The first-order valence-corrected chi connectivity index (χ1v) is 7.29. The predicted molar refractivity (Wildman–Crippen MR) is 81.4 cm³/mol. The van der Waals surface area contributed by atoms with E-state index in [1.807, 2.05) is 7.05 Å². The number of ether oxygens (including phenoxy) is 2. The van der Waals surface area contributed by atoms with E-state index in [0.717, 1.165) is 32.0 Å². The van der Waals surface area contributed by atoms with Gasteiger partial charge in [-0.05, 0) is 27.0 Å². The minimum Gasteiger partial charge on any atom is -0.496 e. The van der Waals surface area contributed by atoms with Crippen LogP contribution in [0.15, 0.2) is 18.2 Å². The van der Waals surface area contributed by atoms with Gasteiger partial charge >= 0.3 is 0 Å². The molecule has 0 spiro atoms. The van der Waals surface area contributed by atoms with Crippen molar-refractivity contribution >= 4 is 0 Å². The van der Waals surface area contributed by atoms with E-state index in [0.29, 0.717) is 6.10 Å². The number of methoxy groups -OCH3 is 1. The molecule has 0 amide bonds. The fourth-order valence-electron chi connectivity index (χ4n) is 2.79. The number of hydrogen-bond donors (Lipinski definition) is 1. The van der Waals surface area contributed by atoms with Crippen LogP contribution in [-0.2, 0) is 4.74 Å². The van der Waals surface area contributed by atoms with E-state index in [1.165, 1.54) is 11.1 Å². The third kappa shape index (κ3) is 3.72. The molecule has 1 aliphatic heterocycles. The van der Waals surface area contributed by atoms with Crippen LogP contribution in [0.25, 0.3) is 0 Å². The summed E-state index contributed by atoms with van der Waals surface area (Å²) in [6.45, 7) is 8.04. The monoisotopic (exact) mass is 278 g/mol. The highest BCUT2D eigenvalue weighted by molar-refractivity contribution is 5.39. The van der Waals surface area contributed by atoms with E-state index in [2.05, 4.69) is 42.3 Å². The van der Waals surface area contributed by atoms with Gasteiger partial charge in [0.25, 0.3) is 0 Å². The van der Waals surface area contributed by atoms with Crippen LogP contribution in [0.3, 0.4) is 0 Å². The average molecular weight is 278 g/mol. The van der Waals surface area contributed by atoms with Crippen molar-refractivity contribution in [2.24, 2.45) is 0 Å². The van der Waals surface area contributed by atoms with Crippen LogP contribution in [0.2, 0.25) is 0 Å². The largest absolute Gasteiger partial charge is 0.496 e. The predicted octanol–water partition coefficient (Wildman–Crippen LogP) is 1.98. The molecule has 0 bridgehead atoms. The number of rotatable bonds is 5. The highest BCUT2D eigenvalue weighted by Crippen LogP contribution is 2.27. The molecule has 1 aromatic rings.